The van der Waals surface area contributed by atoms with Crippen LogP contribution >= 0.6 is 11.6 Å². The van der Waals surface area contributed by atoms with E-state index in [1.807, 2.05) is 60.7 Å². The van der Waals surface area contributed by atoms with Crippen LogP contribution in [0.25, 0.3) is 22.6 Å². The lowest BCUT2D eigenvalue weighted by Gasteiger charge is -2.05. The molecule has 0 atom stereocenters. The van der Waals surface area contributed by atoms with Crippen LogP contribution in [0.4, 0.5) is 5.69 Å². The Bertz CT molecular complexity index is 1410. The fraction of sp³-hybridized carbons (Fsp3) is 0.0370. The molecule has 0 fully saturated rings. The fourth-order valence-corrected chi connectivity index (χ4v) is 3.67. The molecule has 0 aliphatic rings. The van der Waals surface area contributed by atoms with Gasteiger partial charge in [-0.2, -0.15) is 0 Å². The van der Waals surface area contributed by atoms with E-state index in [9.17, 15) is 5.11 Å². The van der Waals surface area contributed by atoms with E-state index in [0.29, 0.717) is 22.1 Å². The van der Waals surface area contributed by atoms with Crippen LogP contribution in [0.2, 0.25) is 5.02 Å². The number of aromatic hydroxyl groups is 1. The molecule has 5 rings (SSSR count). The molecule has 1 aromatic heterocycles. The number of aliphatic imine (C=N–C) groups is 1. The zero-order chi connectivity index (χ0) is 21.9. The highest BCUT2D eigenvalue weighted by Crippen LogP contribution is 2.28. The quantitative estimate of drug-likeness (QED) is 0.295. The van der Waals surface area contributed by atoms with Gasteiger partial charge in [-0.15, -0.1) is 0 Å². The number of benzene rings is 4. The summed E-state index contributed by atoms with van der Waals surface area (Å²) in [6, 6.07) is 28.8. The van der Waals surface area contributed by atoms with Crippen LogP contribution in [-0.2, 0) is 6.42 Å². The Morgan fingerprint density at radius 1 is 0.875 bits per heavy atom. The second-order valence-corrected chi connectivity index (χ2v) is 7.93. The van der Waals surface area contributed by atoms with Gasteiger partial charge in [-0.25, -0.2) is 4.98 Å². The van der Waals surface area contributed by atoms with Crippen molar-refractivity contribution in [3.05, 3.63) is 113 Å². The number of fused-ring (bicyclic) bond motifs is 1. The maximum absolute atomic E-state index is 10.2. The minimum atomic E-state index is 0.201. The molecule has 5 heteroatoms. The average molecular weight is 439 g/mol. The van der Waals surface area contributed by atoms with Crippen molar-refractivity contribution in [1.29, 1.82) is 0 Å². The van der Waals surface area contributed by atoms with Crippen molar-refractivity contribution in [3.63, 3.8) is 0 Å². The first-order valence-electron chi connectivity index (χ1n) is 10.2. The third-order valence-electron chi connectivity index (χ3n) is 5.16. The van der Waals surface area contributed by atoms with Crippen molar-refractivity contribution < 1.29 is 9.52 Å². The van der Waals surface area contributed by atoms with Crippen molar-refractivity contribution in [3.8, 4) is 17.2 Å². The second-order valence-electron chi connectivity index (χ2n) is 7.49. The largest absolute Gasteiger partial charge is 0.507 e. The SMILES string of the molecule is Oc1ccc(Cc2ccccc2)cc1C=Nc1ccc(-c2nc3cc(Cl)ccc3o2)cc1. The second kappa shape index (κ2) is 8.69. The smallest absolute Gasteiger partial charge is 0.227 e. The molecule has 0 bridgehead atoms. The highest BCUT2D eigenvalue weighted by molar-refractivity contribution is 6.31. The molecular formula is C27H19ClN2O2. The van der Waals surface area contributed by atoms with Crippen molar-refractivity contribution in [2.45, 2.75) is 6.42 Å². The molecular weight excluding hydrogens is 420 g/mol. The van der Waals surface area contributed by atoms with Crippen LogP contribution in [0.3, 0.4) is 0 Å². The summed E-state index contributed by atoms with van der Waals surface area (Å²) in [5, 5.41) is 10.9. The van der Waals surface area contributed by atoms with Crippen LogP contribution in [0.1, 0.15) is 16.7 Å². The van der Waals surface area contributed by atoms with Crippen LogP contribution < -0.4 is 0 Å². The van der Waals surface area contributed by atoms with E-state index in [0.717, 1.165) is 28.8 Å². The molecule has 5 aromatic rings. The summed E-state index contributed by atoms with van der Waals surface area (Å²) in [7, 11) is 0. The van der Waals surface area contributed by atoms with E-state index >= 15 is 0 Å². The molecule has 0 aliphatic carbocycles. The van der Waals surface area contributed by atoms with E-state index in [4.69, 9.17) is 16.0 Å². The number of phenolic OH excluding ortho intramolecular Hbond substituents is 1. The molecule has 1 heterocycles. The maximum atomic E-state index is 10.2. The van der Waals surface area contributed by atoms with E-state index in [2.05, 4.69) is 22.1 Å². The first-order valence-corrected chi connectivity index (χ1v) is 10.6. The summed E-state index contributed by atoms with van der Waals surface area (Å²) in [4.78, 5) is 9.02. The molecule has 0 amide bonds. The zero-order valence-corrected chi connectivity index (χ0v) is 17.8. The molecule has 4 aromatic carbocycles. The number of hydrogen-bond donors (Lipinski definition) is 1. The molecule has 0 radical (unpaired) electrons. The van der Waals surface area contributed by atoms with Gasteiger partial charge in [0, 0.05) is 22.4 Å². The Morgan fingerprint density at radius 2 is 1.69 bits per heavy atom. The van der Waals surface area contributed by atoms with Gasteiger partial charge in [0.05, 0.1) is 5.69 Å². The molecule has 4 nitrogen and oxygen atoms in total. The number of phenols is 1. The third-order valence-corrected chi connectivity index (χ3v) is 5.39. The highest BCUT2D eigenvalue weighted by Gasteiger charge is 2.08. The number of halogens is 1. The number of nitrogens with zero attached hydrogens (tertiary/aromatic N) is 2. The van der Waals surface area contributed by atoms with Gasteiger partial charge in [-0.1, -0.05) is 48.0 Å². The first kappa shape index (κ1) is 20.0. The van der Waals surface area contributed by atoms with Gasteiger partial charge in [0.25, 0.3) is 0 Å². The van der Waals surface area contributed by atoms with Gasteiger partial charge in [0.15, 0.2) is 5.58 Å². The van der Waals surface area contributed by atoms with E-state index in [1.165, 1.54) is 5.56 Å². The van der Waals surface area contributed by atoms with Crippen molar-refractivity contribution in [2.24, 2.45) is 4.99 Å². The molecule has 0 unspecified atom stereocenters. The first-order chi connectivity index (χ1) is 15.6. The lowest BCUT2D eigenvalue weighted by atomic mass is 10.0. The van der Waals surface area contributed by atoms with E-state index in [1.54, 1.807) is 24.4 Å². The monoisotopic (exact) mass is 438 g/mol. The zero-order valence-electron chi connectivity index (χ0n) is 17.1. The van der Waals surface area contributed by atoms with Crippen LogP contribution in [-0.4, -0.2) is 16.3 Å². The minimum absolute atomic E-state index is 0.201. The topological polar surface area (TPSA) is 58.6 Å². The summed E-state index contributed by atoms with van der Waals surface area (Å²) in [5.41, 5.74) is 6.04. The maximum Gasteiger partial charge on any atom is 0.227 e. The van der Waals surface area contributed by atoms with Crippen LogP contribution in [0.5, 0.6) is 5.75 Å². The van der Waals surface area contributed by atoms with E-state index in [-0.39, 0.29) is 5.75 Å². The number of aromatic nitrogens is 1. The Hall–Kier alpha value is -3.89. The lowest BCUT2D eigenvalue weighted by Crippen LogP contribution is -1.91. The molecule has 0 saturated heterocycles. The van der Waals surface area contributed by atoms with Gasteiger partial charge in [-0.05, 0) is 72.1 Å². The minimum Gasteiger partial charge on any atom is -0.507 e. The molecule has 32 heavy (non-hydrogen) atoms. The Morgan fingerprint density at radius 3 is 2.50 bits per heavy atom. The van der Waals surface area contributed by atoms with Gasteiger partial charge >= 0.3 is 0 Å². The summed E-state index contributed by atoms with van der Waals surface area (Å²) in [5.74, 6) is 0.733. The molecule has 0 aliphatic heterocycles. The Labute approximate surface area is 190 Å². The summed E-state index contributed by atoms with van der Waals surface area (Å²) < 4.78 is 5.81. The normalized spacial score (nSPS) is 11.4. The fourth-order valence-electron chi connectivity index (χ4n) is 3.51. The number of hydrogen-bond acceptors (Lipinski definition) is 4. The third kappa shape index (κ3) is 4.41. The van der Waals surface area contributed by atoms with Gasteiger partial charge < -0.3 is 9.52 Å². The van der Waals surface area contributed by atoms with Gasteiger partial charge in [0.1, 0.15) is 11.3 Å². The average Bonchev–Trinajstić information content (AvgIpc) is 3.24. The molecule has 0 saturated carbocycles. The molecule has 0 spiro atoms. The van der Waals surface area contributed by atoms with Crippen LogP contribution in [0, 0.1) is 0 Å². The Kier molecular flexibility index (Phi) is 5.44. The predicted molar refractivity (Wildman–Crippen MR) is 129 cm³/mol. The predicted octanol–water partition coefficient (Wildman–Crippen LogP) is 7.20. The summed E-state index contributed by atoms with van der Waals surface area (Å²) in [6.45, 7) is 0. The Balaban J connectivity index is 1.34. The lowest BCUT2D eigenvalue weighted by molar-refractivity contribution is 0.474. The molecule has 156 valence electrons. The van der Waals surface area contributed by atoms with Crippen LogP contribution in [0.15, 0.2) is 100 Å². The van der Waals surface area contributed by atoms with Gasteiger partial charge in [0.2, 0.25) is 5.89 Å². The number of rotatable bonds is 5. The standard InChI is InChI=1S/C27H19ClN2O2/c28-22-9-13-26-24(16-22)30-27(32-26)20-7-10-23(11-8-20)29-17-21-15-19(6-12-25(21)31)14-18-4-2-1-3-5-18/h1-13,15-17,31H,14H2. The highest BCUT2D eigenvalue weighted by atomic mass is 35.5. The summed E-state index contributed by atoms with van der Waals surface area (Å²) in [6.07, 6.45) is 2.48. The number of oxazole rings is 1. The summed E-state index contributed by atoms with van der Waals surface area (Å²) >= 11 is 6.03. The van der Waals surface area contributed by atoms with E-state index < -0.39 is 0 Å². The van der Waals surface area contributed by atoms with Gasteiger partial charge in [-0.3, -0.25) is 4.99 Å². The molecule has 1 N–H and O–H groups in total. The van der Waals surface area contributed by atoms with Crippen molar-refractivity contribution in [1.82, 2.24) is 4.98 Å². The van der Waals surface area contributed by atoms with Crippen molar-refractivity contribution in [2.75, 3.05) is 0 Å². The van der Waals surface area contributed by atoms with Crippen molar-refractivity contribution >= 4 is 34.6 Å².